The molecule has 1 aromatic heterocycles. The first-order valence-electron chi connectivity index (χ1n) is 9.17. The minimum absolute atomic E-state index is 0.273. The van der Waals surface area contributed by atoms with Crippen molar-refractivity contribution >= 4 is 17.2 Å². The van der Waals surface area contributed by atoms with Crippen molar-refractivity contribution in [1.82, 2.24) is 9.80 Å². The van der Waals surface area contributed by atoms with Gasteiger partial charge in [0.15, 0.2) is 0 Å². The first-order chi connectivity index (χ1) is 12.2. The maximum atomic E-state index is 12.6. The lowest BCUT2D eigenvalue weighted by atomic mass is 9.71. The molecule has 0 aliphatic carbocycles. The standard InChI is InChI=1S/C19H30N2O3S/c1-23-10-9-20-13-16(14-24-2)19(15-20)5-7-21(8-6-19)18(22)12-17-4-3-11-25-17/h3-4,11,16H,5-10,12-15H2,1-2H3. The summed E-state index contributed by atoms with van der Waals surface area (Å²) in [6, 6.07) is 4.06. The van der Waals surface area contributed by atoms with Crippen LogP contribution in [0.25, 0.3) is 0 Å². The molecule has 1 atom stereocenters. The van der Waals surface area contributed by atoms with E-state index in [1.165, 1.54) is 0 Å². The summed E-state index contributed by atoms with van der Waals surface area (Å²) in [7, 11) is 3.56. The molecule has 0 radical (unpaired) electrons. The van der Waals surface area contributed by atoms with Crippen molar-refractivity contribution in [3.63, 3.8) is 0 Å². The molecule has 2 fully saturated rings. The van der Waals surface area contributed by atoms with E-state index in [1.807, 2.05) is 17.5 Å². The van der Waals surface area contributed by atoms with Gasteiger partial charge in [0, 0.05) is 57.7 Å². The summed E-state index contributed by atoms with van der Waals surface area (Å²) in [5.74, 6) is 0.832. The lowest BCUT2D eigenvalue weighted by Gasteiger charge is -2.42. The number of nitrogens with zero attached hydrogens (tertiary/aromatic N) is 2. The zero-order valence-corrected chi connectivity index (χ0v) is 16.2. The molecule has 5 nitrogen and oxygen atoms in total. The van der Waals surface area contributed by atoms with Crippen molar-refractivity contribution in [3.8, 4) is 0 Å². The van der Waals surface area contributed by atoms with Crippen LogP contribution >= 0.6 is 11.3 Å². The Kier molecular flexibility index (Phi) is 6.49. The van der Waals surface area contributed by atoms with Crippen LogP contribution in [0.3, 0.4) is 0 Å². The van der Waals surface area contributed by atoms with Crippen LogP contribution in [0.4, 0.5) is 0 Å². The molecule has 6 heteroatoms. The van der Waals surface area contributed by atoms with Crippen LogP contribution < -0.4 is 0 Å². The average Bonchev–Trinajstić information content (AvgIpc) is 3.23. The predicted octanol–water partition coefficient (Wildman–Crippen LogP) is 2.12. The SMILES string of the molecule is COCCN1CC(COC)C2(CCN(C(=O)Cc3cccs3)CC2)C1. The molecule has 2 aliphatic heterocycles. The van der Waals surface area contributed by atoms with Gasteiger partial charge in [0.2, 0.25) is 5.91 Å². The van der Waals surface area contributed by atoms with Gasteiger partial charge in [-0.2, -0.15) is 0 Å². The number of rotatable bonds is 7. The van der Waals surface area contributed by atoms with Gasteiger partial charge in [-0.05, 0) is 29.7 Å². The predicted molar refractivity (Wildman–Crippen MR) is 100.0 cm³/mol. The maximum absolute atomic E-state index is 12.6. The number of likely N-dealkylation sites (tertiary alicyclic amines) is 2. The van der Waals surface area contributed by atoms with E-state index in [2.05, 4.69) is 9.80 Å². The number of hydrogen-bond donors (Lipinski definition) is 0. The van der Waals surface area contributed by atoms with Crippen LogP contribution in [0.5, 0.6) is 0 Å². The quantitative estimate of drug-likeness (QED) is 0.741. The summed E-state index contributed by atoms with van der Waals surface area (Å²) in [6.45, 7) is 6.52. The maximum Gasteiger partial charge on any atom is 0.227 e. The van der Waals surface area contributed by atoms with Crippen LogP contribution in [-0.2, 0) is 20.7 Å². The molecule has 1 unspecified atom stereocenters. The molecule has 3 heterocycles. The Morgan fingerprint density at radius 2 is 2.12 bits per heavy atom. The number of thiophene rings is 1. The van der Waals surface area contributed by atoms with Crippen molar-refractivity contribution in [1.29, 1.82) is 0 Å². The summed E-state index contributed by atoms with van der Waals surface area (Å²) in [5, 5.41) is 2.04. The van der Waals surface area contributed by atoms with Crippen molar-refractivity contribution in [2.24, 2.45) is 11.3 Å². The van der Waals surface area contributed by atoms with E-state index in [4.69, 9.17) is 9.47 Å². The zero-order valence-electron chi connectivity index (χ0n) is 15.4. The minimum atomic E-state index is 0.273. The van der Waals surface area contributed by atoms with Gasteiger partial charge in [-0.3, -0.25) is 4.79 Å². The molecule has 1 spiro atoms. The molecule has 140 valence electrons. The highest BCUT2D eigenvalue weighted by Crippen LogP contribution is 2.44. The number of carbonyl (C=O) groups is 1. The highest BCUT2D eigenvalue weighted by molar-refractivity contribution is 7.10. The number of hydrogen-bond acceptors (Lipinski definition) is 5. The van der Waals surface area contributed by atoms with Crippen LogP contribution in [0.1, 0.15) is 17.7 Å². The van der Waals surface area contributed by atoms with E-state index in [9.17, 15) is 4.79 Å². The monoisotopic (exact) mass is 366 g/mol. The Bertz CT molecular complexity index is 541. The lowest BCUT2D eigenvalue weighted by molar-refractivity contribution is -0.133. The van der Waals surface area contributed by atoms with E-state index >= 15 is 0 Å². The molecule has 0 saturated carbocycles. The van der Waals surface area contributed by atoms with Crippen molar-refractivity contribution in [2.45, 2.75) is 19.3 Å². The number of amides is 1. The van der Waals surface area contributed by atoms with Gasteiger partial charge in [0.25, 0.3) is 0 Å². The largest absolute Gasteiger partial charge is 0.384 e. The van der Waals surface area contributed by atoms with Crippen molar-refractivity contribution < 1.29 is 14.3 Å². The van der Waals surface area contributed by atoms with Gasteiger partial charge in [0.05, 0.1) is 19.6 Å². The average molecular weight is 367 g/mol. The number of ether oxygens (including phenoxy) is 2. The molecule has 2 saturated heterocycles. The molecule has 0 aromatic carbocycles. The number of methoxy groups -OCH3 is 2. The summed E-state index contributed by atoms with van der Waals surface area (Å²) in [5.41, 5.74) is 0.295. The molecular weight excluding hydrogens is 336 g/mol. The molecule has 0 N–H and O–H groups in total. The number of carbonyl (C=O) groups excluding carboxylic acids is 1. The normalized spacial score (nSPS) is 23.4. The van der Waals surface area contributed by atoms with Gasteiger partial charge in [-0.25, -0.2) is 0 Å². The van der Waals surface area contributed by atoms with Crippen molar-refractivity contribution in [3.05, 3.63) is 22.4 Å². The molecule has 25 heavy (non-hydrogen) atoms. The summed E-state index contributed by atoms with van der Waals surface area (Å²) in [6.07, 6.45) is 2.72. The summed E-state index contributed by atoms with van der Waals surface area (Å²) in [4.78, 5) is 18.3. The Balaban J connectivity index is 1.57. The van der Waals surface area contributed by atoms with E-state index in [0.29, 0.717) is 17.8 Å². The highest BCUT2D eigenvalue weighted by atomic mass is 32.1. The van der Waals surface area contributed by atoms with Gasteiger partial charge in [-0.15, -0.1) is 11.3 Å². The lowest BCUT2D eigenvalue weighted by Crippen LogP contribution is -2.47. The topological polar surface area (TPSA) is 42.0 Å². The molecule has 2 aliphatic rings. The molecule has 1 amide bonds. The van der Waals surface area contributed by atoms with Crippen LogP contribution in [-0.4, -0.2) is 75.9 Å². The van der Waals surface area contributed by atoms with Crippen LogP contribution in [0.2, 0.25) is 0 Å². The van der Waals surface area contributed by atoms with Gasteiger partial charge in [0.1, 0.15) is 0 Å². The molecular formula is C19H30N2O3S. The van der Waals surface area contributed by atoms with E-state index in [1.54, 1.807) is 25.6 Å². The van der Waals surface area contributed by atoms with Gasteiger partial charge >= 0.3 is 0 Å². The van der Waals surface area contributed by atoms with Gasteiger partial charge in [-0.1, -0.05) is 6.07 Å². The fourth-order valence-electron chi connectivity index (χ4n) is 4.41. The number of piperidine rings is 1. The minimum Gasteiger partial charge on any atom is -0.384 e. The van der Waals surface area contributed by atoms with E-state index in [-0.39, 0.29) is 5.91 Å². The molecule has 3 rings (SSSR count). The Labute approximate surface area is 154 Å². The Morgan fingerprint density at radius 1 is 1.32 bits per heavy atom. The third-order valence-corrected chi connectivity index (χ3v) is 6.76. The first-order valence-corrected chi connectivity index (χ1v) is 10.1. The Hall–Kier alpha value is -0.950. The second-order valence-electron chi connectivity index (χ2n) is 7.38. The fourth-order valence-corrected chi connectivity index (χ4v) is 5.10. The van der Waals surface area contributed by atoms with Crippen molar-refractivity contribution in [2.75, 3.05) is 60.2 Å². The second kappa shape index (κ2) is 8.62. The van der Waals surface area contributed by atoms with E-state index < -0.39 is 0 Å². The highest BCUT2D eigenvalue weighted by Gasteiger charge is 2.48. The van der Waals surface area contributed by atoms with E-state index in [0.717, 1.165) is 63.7 Å². The van der Waals surface area contributed by atoms with Crippen LogP contribution in [0, 0.1) is 11.3 Å². The third kappa shape index (κ3) is 4.42. The summed E-state index contributed by atoms with van der Waals surface area (Å²) < 4.78 is 10.8. The second-order valence-corrected chi connectivity index (χ2v) is 8.41. The third-order valence-electron chi connectivity index (χ3n) is 5.88. The first kappa shape index (κ1) is 18.8. The molecule has 1 aromatic rings. The fraction of sp³-hybridized carbons (Fsp3) is 0.737. The van der Waals surface area contributed by atoms with Gasteiger partial charge < -0.3 is 19.3 Å². The smallest absolute Gasteiger partial charge is 0.227 e. The molecule has 0 bridgehead atoms. The Morgan fingerprint density at radius 3 is 2.76 bits per heavy atom. The van der Waals surface area contributed by atoms with Crippen LogP contribution in [0.15, 0.2) is 17.5 Å². The zero-order chi connectivity index (χ0) is 17.7. The summed E-state index contributed by atoms with van der Waals surface area (Å²) >= 11 is 1.67.